The van der Waals surface area contributed by atoms with Crippen molar-refractivity contribution in [3.05, 3.63) is 242 Å². The van der Waals surface area contributed by atoms with E-state index in [1.54, 1.807) is 0 Å². The lowest BCUT2D eigenvalue weighted by Gasteiger charge is -2.29. The Hall–Kier alpha value is -7.94. The van der Waals surface area contributed by atoms with Crippen LogP contribution in [0.15, 0.2) is 231 Å². The number of aromatic nitrogens is 1. The molecule has 0 radical (unpaired) electrons. The third-order valence-electron chi connectivity index (χ3n) is 13.4. The van der Waals surface area contributed by atoms with Crippen molar-refractivity contribution in [3.8, 4) is 50.2 Å². The van der Waals surface area contributed by atoms with Gasteiger partial charge in [0.25, 0.3) is 0 Å². The molecule has 0 bridgehead atoms. The van der Waals surface area contributed by atoms with E-state index < -0.39 is 0 Å². The summed E-state index contributed by atoms with van der Waals surface area (Å²) in [5, 5.41) is 4.88. The summed E-state index contributed by atoms with van der Waals surface area (Å²) in [5.41, 5.74) is 19.4. The zero-order chi connectivity index (χ0) is 42.1. The lowest BCUT2D eigenvalue weighted by Crippen LogP contribution is -2.14. The van der Waals surface area contributed by atoms with Gasteiger partial charge in [0, 0.05) is 33.1 Å². The van der Waals surface area contributed by atoms with Gasteiger partial charge in [0.1, 0.15) is 0 Å². The lowest BCUT2D eigenvalue weighted by atomic mass is 9.81. The minimum absolute atomic E-state index is 0.0675. The van der Waals surface area contributed by atoms with Crippen molar-refractivity contribution < 1.29 is 0 Å². The minimum Gasteiger partial charge on any atom is -0.309 e. The Balaban J connectivity index is 1.09. The quantitative estimate of drug-likeness (QED) is 0.156. The van der Waals surface area contributed by atoms with E-state index in [9.17, 15) is 0 Å². The number of anilines is 3. The summed E-state index contributed by atoms with van der Waals surface area (Å²) >= 11 is 0. The maximum absolute atomic E-state index is 2.50. The molecule has 0 aliphatic heterocycles. The molecule has 0 amide bonds. The molecule has 63 heavy (non-hydrogen) atoms. The number of hydrogen-bond acceptors (Lipinski definition) is 1. The van der Waals surface area contributed by atoms with Crippen LogP contribution in [-0.2, 0) is 5.41 Å². The second-order valence-corrected chi connectivity index (χ2v) is 17.3. The highest BCUT2D eigenvalue weighted by Crippen LogP contribution is 2.51. The number of para-hydroxylation sites is 3. The van der Waals surface area contributed by atoms with Crippen molar-refractivity contribution >= 4 is 49.6 Å². The molecule has 0 spiro atoms. The molecule has 298 valence electrons. The molecule has 1 aliphatic rings. The van der Waals surface area contributed by atoms with Gasteiger partial charge in [-0.3, -0.25) is 0 Å². The smallest absolute Gasteiger partial charge is 0.0562 e. The molecule has 0 atom stereocenters. The van der Waals surface area contributed by atoms with Gasteiger partial charge in [0.15, 0.2) is 0 Å². The van der Waals surface area contributed by atoms with Gasteiger partial charge in [-0.2, -0.15) is 0 Å². The topological polar surface area (TPSA) is 8.17 Å². The number of fused-ring (bicyclic) bond motifs is 7. The number of hydrogen-bond donors (Lipinski definition) is 0. The predicted molar refractivity (Wildman–Crippen MR) is 267 cm³/mol. The Bertz CT molecular complexity index is 3520. The zero-order valence-electron chi connectivity index (χ0n) is 35.3. The van der Waals surface area contributed by atoms with E-state index in [1.165, 1.54) is 82.7 Å². The van der Waals surface area contributed by atoms with Crippen LogP contribution in [0, 0.1) is 0 Å². The molecule has 0 N–H and O–H groups in total. The van der Waals surface area contributed by atoms with E-state index in [-0.39, 0.29) is 5.41 Å². The lowest BCUT2D eigenvalue weighted by molar-refractivity contribution is 0.660. The Labute approximate surface area is 368 Å². The van der Waals surface area contributed by atoms with Crippen molar-refractivity contribution in [2.45, 2.75) is 19.3 Å². The summed E-state index contributed by atoms with van der Waals surface area (Å²) in [7, 11) is 0. The molecule has 0 fully saturated rings. The van der Waals surface area contributed by atoms with Gasteiger partial charge in [-0.15, -0.1) is 0 Å². The molecule has 2 nitrogen and oxygen atoms in total. The van der Waals surface area contributed by atoms with Crippen LogP contribution in [0.5, 0.6) is 0 Å². The molecule has 10 aromatic carbocycles. The zero-order valence-corrected chi connectivity index (χ0v) is 35.3. The second-order valence-electron chi connectivity index (χ2n) is 17.3. The fourth-order valence-corrected chi connectivity index (χ4v) is 10.5. The summed E-state index contributed by atoms with van der Waals surface area (Å²) in [6.07, 6.45) is 0. The maximum atomic E-state index is 2.50. The molecule has 1 aromatic heterocycles. The molecular weight excluding hydrogens is 761 g/mol. The molecule has 1 aliphatic carbocycles. The van der Waals surface area contributed by atoms with Gasteiger partial charge in [-0.1, -0.05) is 190 Å². The highest BCUT2D eigenvalue weighted by molar-refractivity contribution is 6.17. The number of rotatable bonds is 7. The van der Waals surface area contributed by atoms with Gasteiger partial charge in [-0.25, -0.2) is 0 Å². The molecule has 0 saturated heterocycles. The fraction of sp³-hybridized carbons (Fsp3) is 0.0492. The summed E-state index contributed by atoms with van der Waals surface area (Å²) in [5.74, 6) is 0. The first kappa shape index (κ1) is 36.9. The summed E-state index contributed by atoms with van der Waals surface area (Å²) in [6.45, 7) is 4.71. The van der Waals surface area contributed by atoms with Crippen molar-refractivity contribution in [2.24, 2.45) is 0 Å². The van der Waals surface area contributed by atoms with Crippen molar-refractivity contribution in [1.82, 2.24) is 4.57 Å². The molecule has 11 aromatic rings. The third-order valence-corrected chi connectivity index (χ3v) is 13.4. The Morgan fingerprint density at radius 3 is 1.76 bits per heavy atom. The highest BCUT2D eigenvalue weighted by atomic mass is 15.2. The van der Waals surface area contributed by atoms with Crippen LogP contribution in [0.4, 0.5) is 17.1 Å². The van der Waals surface area contributed by atoms with E-state index in [0.29, 0.717) is 0 Å². The van der Waals surface area contributed by atoms with Gasteiger partial charge < -0.3 is 9.47 Å². The van der Waals surface area contributed by atoms with Gasteiger partial charge >= 0.3 is 0 Å². The summed E-state index contributed by atoms with van der Waals surface area (Å²) < 4.78 is 2.41. The monoisotopic (exact) mass is 804 g/mol. The summed E-state index contributed by atoms with van der Waals surface area (Å²) in [6, 6.07) is 84.7. The fourth-order valence-electron chi connectivity index (χ4n) is 10.5. The van der Waals surface area contributed by atoms with Gasteiger partial charge in [-0.05, 0) is 115 Å². The third kappa shape index (κ3) is 5.86. The molecule has 0 unspecified atom stereocenters. The van der Waals surface area contributed by atoms with Crippen LogP contribution in [0.3, 0.4) is 0 Å². The molecular formula is C61H44N2. The molecule has 2 heteroatoms. The first-order chi connectivity index (χ1) is 31.0. The van der Waals surface area contributed by atoms with Crippen LogP contribution in [0.1, 0.15) is 25.0 Å². The van der Waals surface area contributed by atoms with Crippen LogP contribution in [-0.4, -0.2) is 4.57 Å². The first-order valence-corrected chi connectivity index (χ1v) is 21.9. The second kappa shape index (κ2) is 14.6. The number of nitrogens with zero attached hydrogens (tertiary/aromatic N) is 2. The molecule has 12 rings (SSSR count). The largest absolute Gasteiger partial charge is 0.309 e. The summed E-state index contributed by atoms with van der Waals surface area (Å²) in [4.78, 5) is 2.50. The van der Waals surface area contributed by atoms with Gasteiger partial charge in [0.2, 0.25) is 0 Å². The number of benzene rings is 10. The SMILES string of the molecule is CC1(C)c2ccccc2-c2ccc(-c3ccc(N(c4ccccc4-c4cccc5cccc(-c6ccccc6)c45)c4cccc5c4c4ccccc4n5-c4ccccc4)cc3)cc21. The average molecular weight is 805 g/mol. The average Bonchev–Trinajstić information content (AvgIpc) is 3.81. The maximum Gasteiger partial charge on any atom is 0.0562 e. The minimum atomic E-state index is -0.0675. The van der Waals surface area contributed by atoms with Crippen LogP contribution < -0.4 is 4.90 Å². The van der Waals surface area contributed by atoms with Crippen LogP contribution in [0.2, 0.25) is 0 Å². The van der Waals surface area contributed by atoms with Crippen LogP contribution in [0.25, 0.3) is 82.8 Å². The van der Waals surface area contributed by atoms with E-state index >= 15 is 0 Å². The Morgan fingerprint density at radius 2 is 0.952 bits per heavy atom. The van der Waals surface area contributed by atoms with E-state index in [1.807, 2.05) is 0 Å². The van der Waals surface area contributed by atoms with Crippen molar-refractivity contribution in [3.63, 3.8) is 0 Å². The highest BCUT2D eigenvalue weighted by Gasteiger charge is 2.35. The van der Waals surface area contributed by atoms with E-state index in [2.05, 4.69) is 254 Å². The Kier molecular flexibility index (Phi) is 8.55. The predicted octanol–water partition coefficient (Wildman–Crippen LogP) is 16.7. The molecule has 1 heterocycles. The standard InChI is InChI=1S/C61H44N2/c1-61(2)53-29-12-9-24-48(53)49-39-36-44(40-54(49)61)41-34-37-46(38-35-41)63(58-33-17-32-57-60(58)52-26-11-14-31-56(52)62(57)45-22-7-4-8-23-45)55-30-13-10-25-50(55)51-28-16-21-43-20-15-27-47(59(43)51)42-18-5-3-6-19-42/h3-40H,1-2H3. The Morgan fingerprint density at radius 1 is 0.365 bits per heavy atom. The van der Waals surface area contributed by atoms with E-state index in [4.69, 9.17) is 0 Å². The van der Waals surface area contributed by atoms with Crippen molar-refractivity contribution in [1.29, 1.82) is 0 Å². The van der Waals surface area contributed by atoms with Crippen LogP contribution >= 0.6 is 0 Å². The first-order valence-electron chi connectivity index (χ1n) is 21.9. The van der Waals surface area contributed by atoms with E-state index in [0.717, 1.165) is 28.3 Å². The van der Waals surface area contributed by atoms with Crippen molar-refractivity contribution in [2.75, 3.05) is 4.90 Å². The normalized spacial score (nSPS) is 12.7. The van der Waals surface area contributed by atoms with Gasteiger partial charge in [0.05, 0.1) is 22.4 Å². The molecule has 0 saturated carbocycles.